The zero-order valence-corrected chi connectivity index (χ0v) is 7.68. The van der Waals surface area contributed by atoms with Crippen molar-refractivity contribution in [3.63, 3.8) is 0 Å². The van der Waals surface area contributed by atoms with E-state index in [-0.39, 0.29) is 0 Å². The summed E-state index contributed by atoms with van der Waals surface area (Å²) in [5.74, 6) is 0. The maximum Gasteiger partial charge on any atom is 0.230 e. The summed E-state index contributed by atoms with van der Waals surface area (Å²) >= 11 is 6.13. The Hall–Kier alpha value is -0.890. The van der Waals surface area contributed by atoms with Gasteiger partial charge in [-0.15, -0.1) is 11.6 Å². The Kier molecular flexibility index (Phi) is 1.48. The van der Waals surface area contributed by atoms with E-state index in [1.165, 1.54) is 0 Å². The summed E-state index contributed by atoms with van der Waals surface area (Å²) in [6.07, 6.45) is 0. The monoisotopic (exact) mass is 184 g/mol. The van der Waals surface area contributed by atoms with Crippen LogP contribution in [0.5, 0.6) is 0 Å². The number of benzene rings is 1. The molecule has 0 aliphatic heterocycles. The second-order valence-corrected chi connectivity index (χ2v) is 4.22. The quantitative estimate of drug-likeness (QED) is 0.501. The Balaban J connectivity index is 2.64. The van der Waals surface area contributed by atoms with Gasteiger partial charge in [-0.1, -0.05) is 12.1 Å². The lowest BCUT2D eigenvalue weighted by Crippen LogP contribution is -2.08. The third-order valence-corrected chi connectivity index (χ3v) is 2.04. The highest BCUT2D eigenvalue weighted by atomic mass is 35.5. The Labute approximate surface area is 75.0 Å². The van der Waals surface area contributed by atoms with Crippen LogP contribution in [0, 0.1) is 0 Å². The van der Waals surface area contributed by atoms with Gasteiger partial charge in [0, 0.05) is 5.56 Å². The highest BCUT2D eigenvalue weighted by Gasteiger charge is 2.23. The molecule has 64 valence electrons. The standard InChI is InChI=1S/C9H9ClO2/c1-9(2,10)6-4-3-5-7-8(6)12-11-7/h3-5H,1-2H3. The first kappa shape index (κ1) is 7.74. The molecule has 0 radical (unpaired) electrons. The SMILES string of the molecule is CC(C)(Cl)c1cccc2ooc12. The van der Waals surface area contributed by atoms with Gasteiger partial charge in [0.25, 0.3) is 0 Å². The first-order valence-electron chi connectivity index (χ1n) is 3.76. The van der Waals surface area contributed by atoms with Crippen molar-refractivity contribution in [3.05, 3.63) is 23.8 Å². The van der Waals surface area contributed by atoms with Crippen LogP contribution in [0.4, 0.5) is 0 Å². The molecular weight excluding hydrogens is 176 g/mol. The number of alkyl halides is 1. The van der Waals surface area contributed by atoms with Gasteiger partial charge in [-0.2, -0.15) is 0 Å². The zero-order chi connectivity index (χ0) is 8.77. The van der Waals surface area contributed by atoms with Crippen molar-refractivity contribution in [3.8, 4) is 0 Å². The van der Waals surface area contributed by atoms with Gasteiger partial charge in [0.05, 0.1) is 4.87 Å². The number of hydrogen-bond donors (Lipinski definition) is 0. The summed E-state index contributed by atoms with van der Waals surface area (Å²) in [6.45, 7) is 3.84. The molecule has 0 unspecified atom stereocenters. The minimum atomic E-state index is -0.408. The number of hydrogen-bond acceptors (Lipinski definition) is 2. The second kappa shape index (κ2) is 2.30. The molecule has 0 saturated carbocycles. The van der Waals surface area contributed by atoms with Crippen LogP contribution >= 0.6 is 11.6 Å². The molecule has 0 amide bonds. The van der Waals surface area contributed by atoms with Crippen LogP contribution in [0.1, 0.15) is 19.4 Å². The van der Waals surface area contributed by atoms with E-state index < -0.39 is 4.87 Å². The number of halogens is 1. The summed E-state index contributed by atoms with van der Waals surface area (Å²) in [7, 11) is 0. The first-order valence-corrected chi connectivity index (χ1v) is 4.14. The third kappa shape index (κ3) is 1.03. The molecule has 2 rings (SSSR count). The Morgan fingerprint density at radius 3 is 2.42 bits per heavy atom. The van der Waals surface area contributed by atoms with Gasteiger partial charge in [-0.05, 0) is 19.9 Å². The molecule has 1 heterocycles. The molecular formula is C9H9ClO2. The summed E-state index contributed by atoms with van der Waals surface area (Å²) in [6, 6.07) is 5.69. The van der Waals surface area contributed by atoms with Crippen molar-refractivity contribution in [2.45, 2.75) is 18.7 Å². The average molecular weight is 185 g/mol. The van der Waals surface area contributed by atoms with Crippen LogP contribution in [0.25, 0.3) is 11.2 Å². The predicted molar refractivity (Wildman–Crippen MR) is 47.4 cm³/mol. The molecule has 0 atom stereocenters. The van der Waals surface area contributed by atoms with E-state index in [0.29, 0.717) is 0 Å². The van der Waals surface area contributed by atoms with E-state index in [1.54, 1.807) is 0 Å². The Morgan fingerprint density at radius 1 is 1.25 bits per heavy atom. The van der Waals surface area contributed by atoms with Crippen LogP contribution in [-0.4, -0.2) is 0 Å². The summed E-state index contributed by atoms with van der Waals surface area (Å²) in [4.78, 5) is -0.408. The van der Waals surface area contributed by atoms with Crippen molar-refractivity contribution in [1.82, 2.24) is 0 Å². The van der Waals surface area contributed by atoms with E-state index >= 15 is 0 Å². The molecule has 2 aromatic rings. The third-order valence-electron chi connectivity index (χ3n) is 1.83. The summed E-state index contributed by atoms with van der Waals surface area (Å²) in [5, 5.41) is 0. The highest BCUT2D eigenvalue weighted by Crippen LogP contribution is 2.34. The molecule has 0 N–H and O–H groups in total. The van der Waals surface area contributed by atoms with Gasteiger partial charge >= 0.3 is 0 Å². The van der Waals surface area contributed by atoms with Crippen molar-refractivity contribution in [1.29, 1.82) is 0 Å². The molecule has 1 aromatic heterocycles. The zero-order valence-electron chi connectivity index (χ0n) is 6.93. The smallest absolute Gasteiger partial charge is 0.230 e. The van der Waals surface area contributed by atoms with Crippen molar-refractivity contribution in [2.75, 3.05) is 0 Å². The van der Waals surface area contributed by atoms with E-state index in [9.17, 15) is 0 Å². The number of para-hydroxylation sites is 1. The van der Waals surface area contributed by atoms with Crippen molar-refractivity contribution in [2.24, 2.45) is 0 Å². The fourth-order valence-corrected chi connectivity index (χ4v) is 1.34. The van der Waals surface area contributed by atoms with Gasteiger partial charge < -0.3 is 0 Å². The Morgan fingerprint density at radius 2 is 2.00 bits per heavy atom. The minimum absolute atomic E-state index is 0.408. The minimum Gasteiger partial charge on any atom is -0.286 e. The van der Waals surface area contributed by atoms with Crippen molar-refractivity contribution >= 4 is 22.8 Å². The second-order valence-electron chi connectivity index (χ2n) is 3.27. The fraction of sp³-hybridized carbons (Fsp3) is 0.333. The predicted octanol–water partition coefficient (Wildman–Crippen LogP) is 3.50. The van der Waals surface area contributed by atoms with Crippen molar-refractivity contribution < 1.29 is 9.15 Å². The molecule has 2 nitrogen and oxygen atoms in total. The molecule has 0 bridgehead atoms. The lowest BCUT2D eigenvalue weighted by molar-refractivity contribution is 0.0576. The average Bonchev–Trinajstić information content (AvgIpc) is 1.88. The normalized spacial score (nSPS) is 12.6. The molecule has 1 aromatic carbocycles. The largest absolute Gasteiger partial charge is 0.286 e. The topological polar surface area (TPSA) is 26.3 Å². The summed E-state index contributed by atoms with van der Waals surface area (Å²) < 4.78 is 9.60. The van der Waals surface area contributed by atoms with Crippen LogP contribution in [-0.2, 0) is 4.87 Å². The maximum absolute atomic E-state index is 6.13. The molecule has 0 spiro atoms. The molecule has 12 heavy (non-hydrogen) atoms. The van der Waals surface area contributed by atoms with Gasteiger partial charge in [-0.3, -0.25) is 9.15 Å². The lowest BCUT2D eigenvalue weighted by Gasteiger charge is -2.16. The Bertz CT molecular complexity index is 392. The number of fused-ring (bicyclic) bond motifs is 1. The molecule has 0 aliphatic rings. The lowest BCUT2D eigenvalue weighted by atomic mass is 10.0. The van der Waals surface area contributed by atoms with Gasteiger partial charge in [-0.25, -0.2) is 0 Å². The van der Waals surface area contributed by atoms with E-state index in [1.807, 2.05) is 32.0 Å². The molecule has 0 fully saturated rings. The highest BCUT2D eigenvalue weighted by molar-refractivity contribution is 6.24. The molecule has 0 saturated heterocycles. The summed E-state index contributed by atoms with van der Waals surface area (Å²) in [5.41, 5.74) is 2.49. The van der Waals surface area contributed by atoms with Crippen LogP contribution in [0.15, 0.2) is 27.4 Å². The molecule has 0 aliphatic carbocycles. The first-order chi connectivity index (χ1) is 5.59. The van der Waals surface area contributed by atoms with E-state index in [2.05, 4.69) is 0 Å². The van der Waals surface area contributed by atoms with E-state index in [0.717, 1.165) is 16.7 Å². The van der Waals surface area contributed by atoms with Crippen LogP contribution in [0.3, 0.4) is 0 Å². The number of rotatable bonds is 1. The molecule has 3 heteroatoms. The van der Waals surface area contributed by atoms with Gasteiger partial charge in [0.2, 0.25) is 11.2 Å². The van der Waals surface area contributed by atoms with Crippen LogP contribution < -0.4 is 0 Å². The van der Waals surface area contributed by atoms with Gasteiger partial charge in [0.15, 0.2) is 0 Å². The maximum atomic E-state index is 6.13. The van der Waals surface area contributed by atoms with E-state index in [4.69, 9.17) is 20.8 Å². The fourth-order valence-electron chi connectivity index (χ4n) is 1.19. The van der Waals surface area contributed by atoms with Gasteiger partial charge in [0.1, 0.15) is 0 Å². The van der Waals surface area contributed by atoms with Crippen LogP contribution in [0.2, 0.25) is 0 Å².